The van der Waals surface area contributed by atoms with Crippen molar-refractivity contribution in [3.63, 3.8) is 0 Å². The molecule has 3 aromatic rings. The van der Waals surface area contributed by atoms with Crippen molar-refractivity contribution in [3.8, 4) is 11.4 Å². The van der Waals surface area contributed by atoms with Crippen molar-refractivity contribution < 1.29 is 14.2 Å². The molecule has 194 valence electrons. The SMILES string of the molecule is CN1Cc2c(Cl)cc(Cl)cc2[C@H](c2cccc(-c3nnn(CCOCCOCCOCCN)n3)c2)C1. The fraction of sp³-hybridized carbons (Fsp3) is 0.480. The van der Waals surface area contributed by atoms with Crippen LogP contribution >= 0.6 is 23.2 Å². The molecule has 1 aliphatic rings. The van der Waals surface area contributed by atoms with E-state index in [9.17, 15) is 0 Å². The van der Waals surface area contributed by atoms with E-state index in [1.54, 1.807) is 4.80 Å². The van der Waals surface area contributed by atoms with Gasteiger partial charge >= 0.3 is 0 Å². The highest BCUT2D eigenvalue weighted by Gasteiger charge is 2.27. The zero-order valence-electron chi connectivity index (χ0n) is 20.4. The summed E-state index contributed by atoms with van der Waals surface area (Å²) in [7, 11) is 2.10. The molecule has 0 spiro atoms. The van der Waals surface area contributed by atoms with E-state index in [4.69, 9.17) is 43.1 Å². The standard InChI is InChI=1S/C25H32Cl2N6O3/c1-32-16-22(21-14-20(26)15-24(27)23(21)17-32)18-3-2-4-19(13-18)25-29-31-33(30-25)6-8-35-10-12-36-11-9-34-7-5-28/h2-4,13-15,22H,5-12,16-17,28H2,1H3/t22-/m0/s1. The van der Waals surface area contributed by atoms with Crippen LogP contribution in [0.4, 0.5) is 0 Å². The molecular weight excluding hydrogens is 503 g/mol. The van der Waals surface area contributed by atoms with Gasteiger partial charge in [-0.1, -0.05) is 41.4 Å². The number of aromatic nitrogens is 4. The fourth-order valence-corrected chi connectivity index (χ4v) is 4.82. The van der Waals surface area contributed by atoms with Crippen molar-refractivity contribution >= 4 is 23.2 Å². The molecule has 0 fully saturated rings. The molecule has 9 nitrogen and oxygen atoms in total. The van der Waals surface area contributed by atoms with Gasteiger partial charge in [0.2, 0.25) is 5.82 Å². The summed E-state index contributed by atoms with van der Waals surface area (Å²) in [5, 5.41) is 14.3. The van der Waals surface area contributed by atoms with Gasteiger partial charge in [-0.05, 0) is 47.2 Å². The molecule has 0 amide bonds. The average molecular weight is 535 g/mol. The molecule has 0 saturated carbocycles. The normalized spacial score (nSPS) is 15.8. The van der Waals surface area contributed by atoms with Crippen molar-refractivity contribution in [1.29, 1.82) is 0 Å². The first-order valence-electron chi connectivity index (χ1n) is 12.0. The summed E-state index contributed by atoms with van der Waals surface area (Å²) in [5.41, 5.74) is 9.73. The minimum Gasteiger partial charge on any atom is -0.378 e. The third kappa shape index (κ3) is 7.23. The van der Waals surface area contributed by atoms with Gasteiger partial charge in [0.15, 0.2) is 0 Å². The van der Waals surface area contributed by atoms with Gasteiger partial charge in [0.05, 0.1) is 46.2 Å². The molecule has 2 N–H and O–H groups in total. The molecule has 1 atom stereocenters. The summed E-state index contributed by atoms with van der Waals surface area (Å²) >= 11 is 12.9. The second kappa shape index (κ2) is 13.4. The first-order chi connectivity index (χ1) is 17.5. The number of nitrogens with two attached hydrogens (primary N) is 1. The molecule has 0 saturated heterocycles. The highest BCUT2D eigenvalue weighted by molar-refractivity contribution is 6.35. The largest absolute Gasteiger partial charge is 0.378 e. The summed E-state index contributed by atoms with van der Waals surface area (Å²) in [6, 6.07) is 12.1. The number of ether oxygens (including phenoxy) is 3. The summed E-state index contributed by atoms with van der Waals surface area (Å²) < 4.78 is 16.3. The number of hydrogen-bond donors (Lipinski definition) is 1. The molecule has 1 aromatic heterocycles. The molecule has 11 heteroatoms. The van der Waals surface area contributed by atoms with E-state index in [0.29, 0.717) is 68.6 Å². The van der Waals surface area contributed by atoms with Gasteiger partial charge in [0.25, 0.3) is 0 Å². The Morgan fingerprint density at radius 1 is 1.00 bits per heavy atom. The Morgan fingerprint density at radius 2 is 1.75 bits per heavy atom. The van der Waals surface area contributed by atoms with Crippen molar-refractivity contribution in [2.75, 3.05) is 59.8 Å². The van der Waals surface area contributed by atoms with Gasteiger partial charge in [0, 0.05) is 41.2 Å². The number of tetrazole rings is 1. The van der Waals surface area contributed by atoms with Crippen LogP contribution in [0.15, 0.2) is 36.4 Å². The van der Waals surface area contributed by atoms with Crippen LogP contribution in [0, 0.1) is 0 Å². The number of hydrogen-bond acceptors (Lipinski definition) is 8. The van der Waals surface area contributed by atoms with Crippen LogP contribution in [-0.4, -0.2) is 84.9 Å². The fourth-order valence-electron chi connectivity index (χ4n) is 4.25. The van der Waals surface area contributed by atoms with Gasteiger partial charge < -0.3 is 24.8 Å². The van der Waals surface area contributed by atoms with Crippen molar-refractivity contribution in [3.05, 3.63) is 63.1 Å². The lowest BCUT2D eigenvalue weighted by molar-refractivity contribution is 0.0136. The minimum atomic E-state index is 0.146. The summed E-state index contributed by atoms with van der Waals surface area (Å²) in [6.45, 7) is 5.77. The van der Waals surface area contributed by atoms with Crippen molar-refractivity contribution in [1.82, 2.24) is 25.1 Å². The van der Waals surface area contributed by atoms with Gasteiger partial charge in [0.1, 0.15) is 0 Å². The van der Waals surface area contributed by atoms with Crippen molar-refractivity contribution in [2.45, 2.75) is 19.0 Å². The quantitative estimate of drug-likeness (QED) is 0.333. The van der Waals surface area contributed by atoms with Crippen LogP contribution in [0.1, 0.15) is 22.6 Å². The monoisotopic (exact) mass is 534 g/mol. The van der Waals surface area contributed by atoms with Crippen LogP contribution < -0.4 is 5.73 Å². The lowest BCUT2D eigenvalue weighted by Gasteiger charge is -2.33. The number of nitrogens with zero attached hydrogens (tertiary/aromatic N) is 5. The van der Waals surface area contributed by atoms with E-state index in [0.717, 1.165) is 29.8 Å². The second-order valence-electron chi connectivity index (χ2n) is 8.66. The Labute approximate surface area is 221 Å². The van der Waals surface area contributed by atoms with Crippen LogP contribution in [0.5, 0.6) is 0 Å². The maximum Gasteiger partial charge on any atom is 0.204 e. The average Bonchev–Trinajstić information content (AvgIpc) is 3.34. The third-order valence-electron chi connectivity index (χ3n) is 5.93. The lowest BCUT2D eigenvalue weighted by Crippen LogP contribution is -2.31. The zero-order chi connectivity index (χ0) is 25.3. The Hall–Kier alpha value is -2.11. The molecule has 0 aliphatic carbocycles. The van der Waals surface area contributed by atoms with E-state index in [1.807, 2.05) is 24.3 Å². The number of fused-ring (bicyclic) bond motifs is 1. The molecule has 4 rings (SSSR count). The summed E-state index contributed by atoms with van der Waals surface area (Å²) in [4.78, 5) is 3.82. The zero-order valence-corrected chi connectivity index (χ0v) is 21.9. The van der Waals surface area contributed by atoms with Gasteiger partial charge in [-0.3, -0.25) is 0 Å². The molecule has 0 radical (unpaired) electrons. The molecular formula is C25H32Cl2N6O3. The molecule has 2 heterocycles. The Balaban J connectivity index is 1.33. The maximum absolute atomic E-state index is 6.53. The molecule has 1 aliphatic heterocycles. The minimum absolute atomic E-state index is 0.146. The van der Waals surface area contributed by atoms with Gasteiger partial charge in [-0.25, -0.2) is 0 Å². The highest BCUT2D eigenvalue weighted by atomic mass is 35.5. The van der Waals surface area contributed by atoms with Crippen LogP contribution in [0.25, 0.3) is 11.4 Å². The lowest BCUT2D eigenvalue weighted by atomic mass is 9.84. The number of benzene rings is 2. The number of rotatable bonds is 13. The topological polar surface area (TPSA) is 101 Å². The van der Waals surface area contributed by atoms with Crippen LogP contribution in [0.2, 0.25) is 10.0 Å². The Morgan fingerprint density at radius 3 is 2.53 bits per heavy atom. The van der Waals surface area contributed by atoms with E-state index >= 15 is 0 Å². The van der Waals surface area contributed by atoms with Crippen LogP contribution in [0.3, 0.4) is 0 Å². The second-order valence-corrected chi connectivity index (χ2v) is 9.51. The molecule has 36 heavy (non-hydrogen) atoms. The smallest absolute Gasteiger partial charge is 0.204 e. The highest BCUT2D eigenvalue weighted by Crippen LogP contribution is 2.39. The first kappa shape index (κ1) is 26.9. The van der Waals surface area contributed by atoms with Gasteiger partial charge in [-0.2, -0.15) is 4.80 Å². The molecule has 0 unspecified atom stereocenters. The summed E-state index contributed by atoms with van der Waals surface area (Å²) in [6.07, 6.45) is 0. The maximum atomic E-state index is 6.53. The van der Waals surface area contributed by atoms with Crippen LogP contribution in [-0.2, 0) is 27.3 Å². The predicted molar refractivity (Wildman–Crippen MR) is 139 cm³/mol. The van der Waals surface area contributed by atoms with E-state index < -0.39 is 0 Å². The third-order valence-corrected chi connectivity index (χ3v) is 6.49. The Bertz CT molecular complexity index is 1130. The van der Waals surface area contributed by atoms with E-state index in [-0.39, 0.29) is 5.92 Å². The number of halogens is 2. The number of likely N-dealkylation sites (N-methyl/N-ethyl adjacent to an activating group) is 1. The van der Waals surface area contributed by atoms with E-state index in [2.05, 4.69) is 39.5 Å². The summed E-state index contributed by atoms with van der Waals surface area (Å²) in [5.74, 6) is 0.721. The van der Waals surface area contributed by atoms with E-state index in [1.165, 1.54) is 5.56 Å². The first-order valence-corrected chi connectivity index (χ1v) is 12.8. The molecule has 0 bridgehead atoms. The van der Waals surface area contributed by atoms with Gasteiger partial charge in [-0.15, -0.1) is 10.2 Å². The van der Waals surface area contributed by atoms with Crippen molar-refractivity contribution in [2.24, 2.45) is 5.73 Å². The predicted octanol–water partition coefficient (Wildman–Crippen LogP) is 3.23. The molecule has 2 aromatic carbocycles. The Kier molecular flexibility index (Phi) is 10.1.